The van der Waals surface area contributed by atoms with E-state index in [1.165, 1.54) is 12.4 Å². The van der Waals surface area contributed by atoms with Crippen LogP contribution in [-0.2, 0) is 18.4 Å². The standard InChI is InChI=1S/C25H26N8O3/c1-25(2,3)21-8-14(12-36-21)11-26-23(34)19-10-20(28-13-27-19)24(35)29-18-7-5-15-9-16(4-6-17(15)18)22-30-32-33-31-22/h4,6,8-10,12-13,18H,5,7,11H2,1-3H3,(H,26,34)(H,29,35)(H,30,31,32,33)/t18-/m1/s1. The van der Waals surface area contributed by atoms with Crippen LogP contribution in [0.25, 0.3) is 11.4 Å². The topological polar surface area (TPSA) is 152 Å². The number of carbonyl (C=O) groups is 2. The van der Waals surface area contributed by atoms with E-state index < -0.39 is 5.91 Å². The molecule has 1 aliphatic carbocycles. The van der Waals surface area contributed by atoms with Gasteiger partial charge in [0, 0.05) is 29.2 Å². The van der Waals surface area contributed by atoms with Crippen molar-refractivity contribution in [1.82, 2.24) is 41.2 Å². The van der Waals surface area contributed by atoms with Crippen LogP contribution in [0.4, 0.5) is 0 Å². The van der Waals surface area contributed by atoms with E-state index in [9.17, 15) is 9.59 Å². The van der Waals surface area contributed by atoms with Gasteiger partial charge in [0.05, 0.1) is 12.3 Å². The number of furan rings is 1. The second-order valence-electron chi connectivity index (χ2n) is 9.75. The highest BCUT2D eigenvalue weighted by atomic mass is 16.3. The average molecular weight is 487 g/mol. The number of rotatable bonds is 6. The number of nitrogens with zero attached hydrogens (tertiary/aromatic N) is 5. The lowest BCUT2D eigenvalue weighted by Gasteiger charge is -2.14. The molecule has 1 atom stereocenters. The van der Waals surface area contributed by atoms with Crippen LogP contribution < -0.4 is 10.6 Å². The highest BCUT2D eigenvalue weighted by molar-refractivity contribution is 5.97. The monoisotopic (exact) mass is 486 g/mol. The van der Waals surface area contributed by atoms with Crippen LogP contribution >= 0.6 is 0 Å². The molecule has 1 aromatic carbocycles. The number of tetrazole rings is 1. The zero-order valence-corrected chi connectivity index (χ0v) is 20.2. The summed E-state index contributed by atoms with van der Waals surface area (Å²) in [5.41, 5.74) is 4.01. The van der Waals surface area contributed by atoms with Crippen LogP contribution in [0.3, 0.4) is 0 Å². The molecule has 0 spiro atoms. The summed E-state index contributed by atoms with van der Waals surface area (Å²) in [6.07, 6.45) is 4.42. The second-order valence-corrected chi connectivity index (χ2v) is 9.75. The molecule has 11 heteroatoms. The lowest BCUT2D eigenvalue weighted by atomic mass is 9.93. The molecule has 3 N–H and O–H groups in total. The highest BCUT2D eigenvalue weighted by Gasteiger charge is 2.26. The fourth-order valence-electron chi connectivity index (χ4n) is 4.16. The van der Waals surface area contributed by atoms with Crippen molar-refractivity contribution in [2.45, 2.75) is 51.6 Å². The Hall–Kier alpha value is -4.41. The molecule has 0 saturated carbocycles. The number of nitrogens with one attached hydrogen (secondary N) is 3. The summed E-state index contributed by atoms with van der Waals surface area (Å²) in [7, 11) is 0. The Morgan fingerprint density at radius 2 is 1.92 bits per heavy atom. The zero-order chi connectivity index (χ0) is 25.3. The maximum absolute atomic E-state index is 12.9. The maximum Gasteiger partial charge on any atom is 0.270 e. The number of amides is 2. The Balaban J connectivity index is 1.22. The third-order valence-electron chi connectivity index (χ3n) is 6.11. The van der Waals surface area contributed by atoms with Crippen molar-refractivity contribution in [2.75, 3.05) is 0 Å². The quantitative estimate of drug-likeness (QED) is 0.376. The van der Waals surface area contributed by atoms with Gasteiger partial charge in [0.2, 0.25) is 5.82 Å². The zero-order valence-electron chi connectivity index (χ0n) is 20.2. The molecule has 11 nitrogen and oxygen atoms in total. The van der Waals surface area contributed by atoms with Crippen molar-refractivity contribution < 1.29 is 14.0 Å². The van der Waals surface area contributed by atoms with Crippen LogP contribution in [-0.4, -0.2) is 42.4 Å². The lowest BCUT2D eigenvalue weighted by Crippen LogP contribution is -2.29. The van der Waals surface area contributed by atoms with Crippen molar-refractivity contribution in [3.8, 4) is 11.4 Å². The fraction of sp³-hybridized carbons (Fsp3) is 0.320. The van der Waals surface area contributed by atoms with Gasteiger partial charge in [-0.15, -0.1) is 10.2 Å². The molecule has 2 amide bonds. The smallest absolute Gasteiger partial charge is 0.270 e. The molecule has 0 fully saturated rings. The van der Waals surface area contributed by atoms with E-state index in [0.717, 1.165) is 40.9 Å². The third kappa shape index (κ3) is 4.85. The van der Waals surface area contributed by atoms with Gasteiger partial charge in [-0.3, -0.25) is 9.59 Å². The Morgan fingerprint density at radius 1 is 1.11 bits per heavy atom. The highest BCUT2D eigenvalue weighted by Crippen LogP contribution is 2.33. The lowest BCUT2D eigenvalue weighted by molar-refractivity contribution is 0.0931. The Kier molecular flexibility index (Phi) is 6.05. The Labute approximate surface area is 207 Å². The first kappa shape index (κ1) is 23.3. The van der Waals surface area contributed by atoms with E-state index in [2.05, 4.69) is 62.0 Å². The third-order valence-corrected chi connectivity index (χ3v) is 6.11. The molecule has 4 aromatic rings. The number of fused-ring (bicyclic) bond motifs is 1. The first-order chi connectivity index (χ1) is 17.3. The molecule has 0 unspecified atom stereocenters. The normalized spacial score (nSPS) is 14.9. The molecule has 0 radical (unpaired) electrons. The summed E-state index contributed by atoms with van der Waals surface area (Å²) in [4.78, 5) is 33.7. The van der Waals surface area contributed by atoms with Gasteiger partial charge in [0.25, 0.3) is 11.8 Å². The average Bonchev–Trinajstić information content (AvgIpc) is 3.63. The van der Waals surface area contributed by atoms with E-state index in [-0.39, 0.29) is 35.3 Å². The van der Waals surface area contributed by atoms with E-state index in [4.69, 9.17) is 4.42 Å². The van der Waals surface area contributed by atoms with Crippen molar-refractivity contribution in [3.05, 3.63) is 76.8 Å². The van der Waals surface area contributed by atoms with Gasteiger partial charge in [0.1, 0.15) is 23.5 Å². The van der Waals surface area contributed by atoms with Gasteiger partial charge in [-0.25, -0.2) is 9.97 Å². The molecule has 184 valence electrons. The number of aromatic amines is 1. The van der Waals surface area contributed by atoms with Crippen molar-refractivity contribution in [1.29, 1.82) is 0 Å². The number of benzene rings is 1. The summed E-state index contributed by atoms with van der Waals surface area (Å²) in [5, 5.41) is 19.9. The van der Waals surface area contributed by atoms with Crippen LogP contribution in [0.2, 0.25) is 0 Å². The SMILES string of the molecule is CC(C)(C)c1cc(CNC(=O)c2cc(C(=O)N[C@@H]3CCc4cc(-c5nn[nH]n5)ccc43)ncn2)co1. The molecule has 5 rings (SSSR count). The van der Waals surface area contributed by atoms with Crippen molar-refractivity contribution in [3.63, 3.8) is 0 Å². The predicted octanol–water partition coefficient (Wildman–Crippen LogP) is 2.89. The van der Waals surface area contributed by atoms with Crippen molar-refractivity contribution in [2.24, 2.45) is 0 Å². The molecular weight excluding hydrogens is 460 g/mol. The van der Waals surface area contributed by atoms with Crippen LogP contribution in [0.5, 0.6) is 0 Å². The molecular formula is C25H26N8O3. The largest absolute Gasteiger partial charge is 0.468 e. The molecule has 1 aliphatic rings. The number of carbonyl (C=O) groups excluding carboxylic acids is 2. The summed E-state index contributed by atoms with van der Waals surface area (Å²) >= 11 is 0. The van der Waals surface area contributed by atoms with Gasteiger partial charge in [-0.2, -0.15) is 5.21 Å². The van der Waals surface area contributed by atoms with Gasteiger partial charge < -0.3 is 15.1 Å². The maximum atomic E-state index is 12.9. The minimum atomic E-state index is -0.398. The minimum absolute atomic E-state index is 0.117. The Morgan fingerprint density at radius 3 is 2.64 bits per heavy atom. The van der Waals surface area contributed by atoms with Gasteiger partial charge in [-0.05, 0) is 41.3 Å². The summed E-state index contributed by atoms with van der Waals surface area (Å²) in [5.74, 6) is 0.605. The predicted molar refractivity (Wildman–Crippen MR) is 129 cm³/mol. The van der Waals surface area contributed by atoms with E-state index in [1.807, 2.05) is 24.3 Å². The molecule has 3 heterocycles. The van der Waals surface area contributed by atoms with E-state index in [1.54, 1.807) is 6.26 Å². The number of aryl methyl sites for hydroxylation is 1. The molecule has 0 saturated heterocycles. The summed E-state index contributed by atoms with van der Waals surface area (Å²) < 4.78 is 5.59. The molecule has 3 aromatic heterocycles. The van der Waals surface area contributed by atoms with Gasteiger partial charge in [0.15, 0.2) is 0 Å². The minimum Gasteiger partial charge on any atom is -0.468 e. The van der Waals surface area contributed by atoms with Gasteiger partial charge in [-0.1, -0.05) is 32.9 Å². The fourth-order valence-corrected chi connectivity index (χ4v) is 4.16. The van der Waals surface area contributed by atoms with Gasteiger partial charge >= 0.3 is 0 Å². The summed E-state index contributed by atoms with van der Waals surface area (Å²) in [6, 6.07) is 9.06. The molecule has 0 aliphatic heterocycles. The second kappa shape index (κ2) is 9.33. The molecule has 0 bridgehead atoms. The van der Waals surface area contributed by atoms with Crippen LogP contribution in [0, 0.1) is 0 Å². The van der Waals surface area contributed by atoms with Crippen LogP contribution in [0.1, 0.15) is 76.7 Å². The van der Waals surface area contributed by atoms with E-state index >= 15 is 0 Å². The number of H-pyrrole nitrogens is 1. The number of hydrogen-bond acceptors (Lipinski definition) is 8. The number of hydrogen-bond donors (Lipinski definition) is 3. The first-order valence-electron chi connectivity index (χ1n) is 11.6. The van der Waals surface area contributed by atoms with E-state index in [0.29, 0.717) is 5.82 Å². The van der Waals surface area contributed by atoms with Crippen molar-refractivity contribution >= 4 is 11.8 Å². The Bertz CT molecular complexity index is 1400. The number of aromatic nitrogens is 6. The van der Waals surface area contributed by atoms with Crippen LogP contribution in [0.15, 0.2) is 47.3 Å². The summed E-state index contributed by atoms with van der Waals surface area (Å²) in [6.45, 7) is 6.45. The molecule has 36 heavy (non-hydrogen) atoms. The first-order valence-corrected chi connectivity index (χ1v) is 11.6.